The number of rotatable bonds is 6. The van der Waals surface area contributed by atoms with Crippen LogP contribution in [0.25, 0.3) is 0 Å². The van der Waals surface area contributed by atoms with Gasteiger partial charge in [-0.05, 0) is 38.0 Å². The smallest absolute Gasteiger partial charge is 0.337 e. The van der Waals surface area contributed by atoms with Gasteiger partial charge in [0.2, 0.25) is 5.91 Å². The number of halogens is 1. The van der Waals surface area contributed by atoms with E-state index in [0.29, 0.717) is 23.0 Å². The molecule has 6 heteroatoms. The molecule has 1 amide bonds. The van der Waals surface area contributed by atoms with E-state index in [0.717, 1.165) is 6.42 Å². The molecule has 0 saturated carbocycles. The number of hydrogen-bond donors (Lipinski definition) is 3. The number of benzene rings is 1. The van der Waals surface area contributed by atoms with Gasteiger partial charge in [0.15, 0.2) is 0 Å². The van der Waals surface area contributed by atoms with Gasteiger partial charge in [0.05, 0.1) is 11.3 Å². The summed E-state index contributed by atoms with van der Waals surface area (Å²) in [5.41, 5.74) is 5.97. The van der Waals surface area contributed by atoms with Crippen LogP contribution in [0.15, 0.2) is 22.7 Å². The quantitative estimate of drug-likeness (QED) is 0.748. The molecule has 1 unspecified atom stereocenters. The van der Waals surface area contributed by atoms with Gasteiger partial charge >= 0.3 is 5.97 Å². The number of anilines is 1. The maximum atomic E-state index is 11.7. The molecule has 0 saturated heterocycles. The number of carboxylic acids is 1. The summed E-state index contributed by atoms with van der Waals surface area (Å²) >= 11 is 3.25. The van der Waals surface area contributed by atoms with Crippen molar-refractivity contribution in [3.63, 3.8) is 0 Å². The molecule has 0 aliphatic carbocycles. The number of carboxylic acid groups (broad SMARTS) is 1. The van der Waals surface area contributed by atoms with Crippen LogP contribution in [-0.4, -0.2) is 23.0 Å². The Hall–Kier alpha value is -1.40. The molecule has 19 heavy (non-hydrogen) atoms. The molecule has 0 bridgehead atoms. The molecule has 0 fully saturated rings. The van der Waals surface area contributed by atoms with E-state index >= 15 is 0 Å². The second-order valence-corrected chi connectivity index (χ2v) is 5.33. The van der Waals surface area contributed by atoms with Crippen molar-refractivity contribution in [1.82, 2.24) is 0 Å². The Kier molecular flexibility index (Phi) is 5.98. The first-order valence-electron chi connectivity index (χ1n) is 5.98. The third-order valence-corrected chi connectivity index (χ3v) is 3.04. The molecular weight excluding hydrogens is 312 g/mol. The Morgan fingerprint density at radius 1 is 1.47 bits per heavy atom. The Morgan fingerprint density at radius 3 is 2.74 bits per heavy atom. The molecule has 1 atom stereocenters. The van der Waals surface area contributed by atoms with Gasteiger partial charge in [-0.2, -0.15) is 0 Å². The molecule has 4 N–H and O–H groups in total. The fourth-order valence-corrected chi connectivity index (χ4v) is 1.96. The van der Waals surface area contributed by atoms with Crippen molar-refractivity contribution in [2.24, 2.45) is 5.73 Å². The van der Waals surface area contributed by atoms with Crippen molar-refractivity contribution >= 4 is 33.5 Å². The van der Waals surface area contributed by atoms with Gasteiger partial charge in [-0.3, -0.25) is 4.79 Å². The van der Waals surface area contributed by atoms with Crippen molar-refractivity contribution in [1.29, 1.82) is 0 Å². The molecule has 1 aromatic rings. The molecule has 104 valence electrons. The van der Waals surface area contributed by atoms with E-state index in [2.05, 4.69) is 21.2 Å². The summed E-state index contributed by atoms with van der Waals surface area (Å²) < 4.78 is 0.711. The zero-order valence-electron chi connectivity index (χ0n) is 10.6. The fourth-order valence-electron chi connectivity index (χ4n) is 1.60. The fraction of sp³-hybridized carbons (Fsp3) is 0.385. The first kappa shape index (κ1) is 15.7. The van der Waals surface area contributed by atoms with Crippen LogP contribution in [0.4, 0.5) is 5.69 Å². The maximum Gasteiger partial charge on any atom is 0.337 e. The van der Waals surface area contributed by atoms with Crippen LogP contribution in [0.5, 0.6) is 0 Å². The van der Waals surface area contributed by atoms with Crippen molar-refractivity contribution in [3.8, 4) is 0 Å². The number of hydrogen-bond acceptors (Lipinski definition) is 3. The van der Waals surface area contributed by atoms with E-state index in [1.807, 2.05) is 6.92 Å². The number of carbonyl (C=O) groups is 2. The highest BCUT2D eigenvalue weighted by molar-refractivity contribution is 9.10. The van der Waals surface area contributed by atoms with Crippen molar-refractivity contribution in [2.45, 2.75) is 32.2 Å². The Labute approximate surface area is 120 Å². The summed E-state index contributed by atoms with van der Waals surface area (Å²) in [7, 11) is 0. The third-order valence-electron chi connectivity index (χ3n) is 2.55. The largest absolute Gasteiger partial charge is 0.478 e. The van der Waals surface area contributed by atoms with Crippen LogP contribution in [0, 0.1) is 0 Å². The first-order chi connectivity index (χ1) is 8.90. The Balaban J connectivity index is 2.67. The summed E-state index contributed by atoms with van der Waals surface area (Å²) in [6.07, 6.45) is 1.77. The second kappa shape index (κ2) is 7.25. The third kappa shape index (κ3) is 5.40. The molecule has 0 heterocycles. The lowest BCUT2D eigenvalue weighted by molar-refractivity contribution is -0.116. The van der Waals surface area contributed by atoms with Crippen LogP contribution in [0.1, 0.15) is 36.5 Å². The first-order valence-corrected chi connectivity index (χ1v) is 6.77. The molecule has 0 spiro atoms. The lowest BCUT2D eigenvalue weighted by Gasteiger charge is -2.09. The highest BCUT2D eigenvalue weighted by Crippen LogP contribution is 2.22. The number of carbonyl (C=O) groups excluding carboxylic acids is 1. The Morgan fingerprint density at radius 2 is 2.16 bits per heavy atom. The lowest BCUT2D eigenvalue weighted by Crippen LogP contribution is -2.17. The molecule has 0 radical (unpaired) electrons. The zero-order valence-corrected chi connectivity index (χ0v) is 12.2. The average molecular weight is 329 g/mol. The molecule has 5 nitrogen and oxygen atoms in total. The van der Waals surface area contributed by atoms with Gasteiger partial charge in [-0.15, -0.1) is 0 Å². The number of nitrogens with one attached hydrogen (secondary N) is 1. The average Bonchev–Trinajstić information content (AvgIpc) is 2.27. The SMILES string of the molecule is CC(N)CCCC(=O)Nc1cc(Br)ccc1C(=O)O. The normalized spacial score (nSPS) is 11.9. The van der Waals surface area contributed by atoms with Gasteiger partial charge < -0.3 is 16.2 Å². The standard InChI is InChI=1S/C13H17BrN2O3/c1-8(15)3-2-4-12(17)16-11-7-9(14)5-6-10(11)13(18)19/h5-8H,2-4,15H2,1H3,(H,16,17)(H,18,19). The minimum atomic E-state index is -1.07. The summed E-state index contributed by atoms with van der Waals surface area (Å²) in [6.45, 7) is 1.88. The number of nitrogens with two attached hydrogens (primary N) is 1. The van der Waals surface area contributed by atoms with Crippen LogP contribution in [-0.2, 0) is 4.79 Å². The predicted octanol–water partition coefficient (Wildman–Crippen LogP) is 2.60. The minimum Gasteiger partial charge on any atom is -0.478 e. The van der Waals surface area contributed by atoms with Crippen LogP contribution < -0.4 is 11.1 Å². The van der Waals surface area contributed by atoms with E-state index in [1.165, 1.54) is 6.07 Å². The molecule has 1 rings (SSSR count). The summed E-state index contributed by atoms with van der Waals surface area (Å²) in [6, 6.07) is 4.71. The zero-order chi connectivity index (χ0) is 14.4. The topological polar surface area (TPSA) is 92.4 Å². The van der Waals surface area contributed by atoms with E-state index in [9.17, 15) is 9.59 Å². The van der Waals surface area contributed by atoms with Crippen LogP contribution in [0.3, 0.4) is 0 Å². The van der Waals surface area contributed by atoms with Gasteiger partial charge in [-0.25, -0.2) is 4.79 Å². The Bertz CT molecular complexity index is 475. The van der Waals surface area contributed by atoms with Crippen molar-refractivity contribution in [2.75, 3.05) is 5.32 Å². The maximum absolute atomic E-state index is 11.7. The minimum absolute atomic E-state index is 0.0632. The van der Waals surface area contributed by atoms with E-state index in [-0.39, 0.29) is 17.5 Å². The summed E-state index contributed by atoms with van der Waals surface area (Å²) in [4.78, 5) is 22.8. The molecule has 0 aliphatic rings. The molecule has 1 aromatic carbocycles. The van der Waals surface area contributed by atoms with Gasteiger partial charge in [-0.1, -0.05) is 15.9 Å². The van der Waals surface area contributed by atoms with Crippen molar-refractivity contribution in [3.05, 3.63) is 28.2 Å². The molecule has 0 aliphatic heterocycles. The highest BCUT2D eigenvalue weighted by Gasteiger charge is 2.12. The lowest BCUT2D eigenvalue weighted by atomic mass is 10.1. The molecule has 0 aromatic heterocycles. The second-order valence-electron chi connectivity index (χ2n) is 4.41. The van der Waals surface area contributed by atoms with Crippen LogP contribution >= 0.6 is 15.9 Å². The van der Waals surface area contributed by atoms with Gasteiger partial charge in [0.25, 0.3) is 0 Å². The highest BCUT2D eigenvalue weighted by atomic mass is 79.9. The van der Waals surface area contributed by atoms with Gasteiger partial charge in [0.1, 0.15) is 0 Å². The van der Waals surface area contributed by atoms with Crippen molar-refractivity contribution < 1.29 is 14.7 Å². The van der Waals surface area contributed by atoms with E-state index in [1.54, 1.807) is 12.1 Å². The predicted molar refractivity (Wildman–Crippen MR) is 77.2 cm³/mol. The molecular formula is C13H17BrN2O3. The number of aromatic carboxylic acids is 1. The summed E-state index contributed by atoms with van der Waals surface area (Å²) in [5, 5.41) is 11.7. The monoisotopic (exact) mass is 328 g/mol. The number of amides is 1. The summed E-state index contributed by atoms with van der Waals surface area (Å²) in [5.74, 6) is -1.28. The van der Waals surface area contributed by atoms with E-state index in [4.69, 9.17) is 10.8 Å². The van der Waals surface area contributed by atoms with E-state index < -0.39 is 5.97 Å². The van der Waals surface area contributed by atoms with Crippen LogP contribution in [0.2, 0.25) is 0 Å². The van der Waals surface area contributed by atoms with Gasteiger partial charge in [0, 0.05) is 16.9 Å².